The summed E-state index contributed by atoms with van der Waals surface area (Å²) in [5.41, 5.74) is 0. The van der Waals surface area contributed by atoms with Crippen LogP contribution >= 0.6 is 0 Å². The average molecular weight is 338 g/mol. The first-order chi connectivity index (χ1) is 9.67. The molecule has 0 fully saturated rings. The van der Waals surface area contributed by atoms with E-state index in [1.54, 1.807) is 30.3 Å². The van der Waals surface area contributed by atoms with Crippen molar-refractivity contribution in [3.05, 3.63) is 30.3 Å². The largest absolute Gasteiger partial charge is 1.00 e. The van der Waals surface area contributed by atoms with E-state index in [0.29, 0.717) is 0 Å². The summed E-state index contributed by atoms with van der Waals surface area (Å²) in [4.78, 5) is 0.236. The molecular weight excluding hydrogens is 311 g/mol. The molecule has 0 radical (unpaired) electrons. The molecule has 4 nitrogen and oxygen atoms in total. The maximum Gasteiger partial charge on any atom is 1.00 e. The van der Waals surface area contributed by atoms with Gasteiger partial charge in [0.1, 0.15) is 0 Å². The van der Waals surface area contributed by atoms with Crippen LogP contribution in [0.2, 0.25) is 0 Å². The van der Waals surface area contributed by atoms with Crippen LogP contribution < -0.4 is 29.6 Å². The Morgan fingerprint density at radius 3 is 1.91 bits per heavy atom. The predicted molar refractivity (Wildman–Crippen MR) is 84.1 cm³/mol. The minimum atomic E-state index is -3.57. The van der Waals surface area contributed by atoms with Crippen molar-refractivity contribution in [1.29, 1.82) is 0 Å². The minimum Gasteiger partial charge on any atom is -0.870 e. The van der Waals surface area contributed by atoms with Crippen molar-refractivity contribution < 1.29 is 47.6 Å². The van der Waals surface area contributed by atoms with Gasteiger partial charge in [-0.3, -0.25) is 4.18 Å². The normalized spacial score (nSPS) is 10.6. The number of benzene rings is 1. The zero-order valence-electron chi connectivity index (χ0n) is 13.8. The number of unbranched alkanes of at least 4 members (excludes halogenated alkanes) is 7. The summed E-state index contributed by atoms with van der Waals surface area (Å²) in [6, 6.07) is 8.31. The van der Waals surface area contributed by atoms with Crippen molar-refractivity contribution in [2.45, 2.75) is 63.2 Å². The van der Waals surface area contributed by atoms with Crippen molar-refractivity contribution in [3.8, 4) is 0 Å². The first-order valence-corrected chi connectivity index (χ1v) is 9.02. The quantitative estimate of drug-likeness (QED) is 0.347. The Morgan fingerprint density at radius 1 is 0.864 bits per heavy atom. The summed E-state index contributed by atoms with van der Waals surface area (Å²) >= 11 is 0. The first-order valence-electron chi connectivity index (χ1n) is 7.61. The third-order valence-corrected chi connectivity index (χ3v) is 4.59. The molecule has 0 unspecified atom stereocenters. The first kappa shape index (κ1) is 24.3. The van der Waals surface area contributed by atoms with Gasteiger partial charge in [0.15, 0.2) is 0 Å². The summed E-state index contributed by atoms with van der Waals surface area (Å²) in [6.07, 6.45) is 9.44. The van der Waals surface area contributed by atoms with Crippen LogP contribution in [0.15, 0.2) is 35.2 Å². The Balaban J connectivity index is 0. The van der Waals surface area contributed by atoms with E-state index in [1.807, 2.05) is 0 Å². The summed E-state index contributed by atoms with van der Waals surface area (Å²) in [6.45, 7) is 2.50. The van der Waals surface area contributed by atoms with E-state index in [4.69, 9.17) is 4.18 Å². The maximum absolute atomic E-state index is 11.8. The Hall–Kier alpha value is 0.0900. The SMILES string of the molecule is CCCCCCCCCCOS(=O)(=O)c1ccccc1.[Na+].[OH-]. The van der Waals surface area contributed by atoms with Crippen molar-refractivity contribution in [2.24, 2.45) is 0 Å². The van der Waals surface area contributed by atoms with Crippen LogP contribution in [0.5, 0.6) is 0 Å². The molecule has 6 heteroatoms. The van der Waals surface area contributed by atoms with Crippen LogP contribution in [0.3, 0.4) is 0 Å². The number of hydrogen-bond acceptors (Lipinski definition) is 4. The molecule has 0 saturated carbocycles. The molecule has 1 rings (SSSR count). The van der Waals surface area contributed by atoms with Gasteiger partial charge in [-0.1, -0.05) is 70.1 Å². The van der Waals surface area contributed by atoms with Crippen molar-refractivity contribution in [2.75, 3.05) is 6.61 Å². The Kier molecular flexibility index (Phi) is 16.2. The molecule has 0 aliphatic heterocycles. The fraction of sp³-hybridized carbons (Fsp3) is 0.625. The van der Waals surface area contributed by atoms with Gasteiger partial charge in [-0.25, -0.2) is 0 Å². The van der Waals surface area contributed by atoms with E-state index in [1.165, 1.54) is 38.5 Å². The van der Waals surface area contributed by atoms with E-state index in [9.17, 15) is 8.42 Å². The molecule has 0 aliphatic rings. The van der Waals surface area contributed by atoms with E-state index in [-0.39, 0.29) is 46.5 Å². The molecule has 0 saturated heterocycles. The van der Waals surface area contributed by atoms with Crippen LogP contribution in [0.4, 0.5) is 0 Å². The van der Waals surface area contributed by atoms with Gasteiger partial charge in [0.05, 0.1) is 11.5 Å². The molecule has 1 N–H and O–H groups in total. The summed E-state index contributed by atoms with van der Waals surface area (Å²) < 4.78 is 28.7. The third-order valence-electron chi connectivity index (χ3n) is 3.27. The van der Waals surface area contributed by atoms with Gasteiger partial charge in [0, 0.05) is 0 Å². The van der Waals surface area contributed by atoms with Crippen molar-refractivity contribution in [1.82, 2.24) is 0 Å². The monoisotopic (exact) mass is 338 g/mol. The average Bonchev–Trinajstić information content (AvgIpc) is 2.46. The minimum absolute atomic E-state index is 0. The molecule has 0 amide bonds. The van der Waals surface area contributed by atoms with Crippen LogP contribution in [0.25, 0.3) is 0 Å². The van der Waals surface area contributed by atoms with Crippen molar-refractivity contribution in [3.63, 3.8) is 0 Å². The zero-order chi connectivity index (χ0) is 14.7. The molecule has 122 valence electrons. The second-order valence-electron chi connectivity index (χ2n) is 5.06. The van der Waals surface area contributed by atoms with Gasteiger partial charge >= 0.3 is 29.6 Å². The second-order valence-corrected chi connectivity index (χ2v) is 6.68. The number of rotatable bonds is 11. The molecule has 0 heterocycles. The van der Waals surface area contributed by atoms with Crippen LogP contribution in [-0.4, -0.2) is 20.5 Å². The maximum atomic E-state index is 11.8. The van der Waals surface area contributed by atoms with E-state index >= 15 is 0 Å². The third kappa shape index (κ3) is 10.8. The molecule has 0 aliphatic carbocycles. The summed E-state index contributed by atoms with van der Waals surface area (Å²) in [5.74, 6) is 0. The Morgan fingerprint density at radius 2 is 1.36 bits per heavy atom. The Bertz CT molecular complexity index is 448. The zero-order valence-corrected chi connectivity index (χ0v) is 16.6. The molecule has 1 aromatic carbocycles. The molecule has 0 aromatic heterocycles. The fourth-order valence-corrected chi connectivity index (χ4v) is 3.02. The molecular formula is C16H27NaO4S. The van der Waals surface area contributed by atoms with Gasteiger partial charge in [-0.2, -0.15) is 8.42 Å². The topological polar surface area (TPSA) is 73.4 Å². The summed E-state index contributed by atoms with van der Waals surface area (Å²) in [7, 11) is -3.57. The summed E-state index contributed by atoms with van der Waals surface area (Å²) in [5, 5.41) is 0. The van der Waals surface area contributed by atoms with E-state index in [0.717, 1.165) is 12.8 Å². The van der Waals surface area contributed by atoms with Crippen LogP contribution in [-0.2, 0) is 14.3 Å². The predicted octanol–water partition coefficient (Wildman–Crippen LogP) is 1.36. The van der Waals surface area contributed by atoms with Gasteiger partial charge < -0.3 is 5.48 Å². The molecule has 0 spiro atoms. The molecule has 22 heavy (non-hydrogen) atoms. The van der Waals surface area contributed by atoms with E-state index in [2.05, 4.69) is 6.92 Å². The van der Waals surface area contributed by atoms with Crippen molar-refractivity contribution >= 4 is 10.1 Å². The second kappa shape index (κ2) is 14.7. The molecule has 1 aromatic rings. The number of hydrogen-bond donors (Lipinski definition) is 0. The Labute approximate surface area is 157 Å². The van der Waals surface area contributed by atoms with Gasteiger partial charge in [-0.15, -0.1) is 0 Å². The van der Waals surface area contributed by atoms with Crippen LogP contribution in [0, 0.1) is 0 Å². The van der Waals surface area contributed by atoms with Gasteiger partial charge in [-0.05, 0) is 18.6 Å². The van der Waals surface area contributed by atoms with E-state index < -0.39 is 10.1 Å². The smallest absolute Gasteiger partial charge is 0.870 e. The van der Waals surface area contributed by atoms with Gasteiger partial charge in [0.25, 0.3) is 10.1 Å². The van der Waals surface area contributed by atoms with Crippen LogP contribution in [0.1, 0.15) is 58.3 Å². The van der Waals surface area contributed by atoms with Gasteiger partial charge in [0.2, 0.25) is 0 Å². The molecule has 0 atom stereocenters. The standard InChI is InChI=1S/C16H26O3S.Na.H2O/c1-2-3-4-5-6-7-8-12-15-19-20(17,18)16-13-10-9-11-14-16;;/h9-11,13-14H,2-8,12,15H2,1H3;;1H2/q;+1;/p-1. The molecule has 0 bridgehead atoms. The fourth-order valence-electron chi connectivity index (χ4n) is 2.06.